The molecule has 7 nitrogen and oxygen atoms in total. The topological polar surface area (TPSA) is 82.5 Å². The summed E-state index contributed by atoms with van der Waals surface area (Å²) in [5.74, 6) is 0.975. The van der Waals surface area contributed by atoms with Gasteiger partial charge in [-0.3, -0.25) is 14.2 Å². The van der Waals surface area contributed by atoms with E-state index < -0.39 is 5.25 Å². The van der Waals surface area contributed by atoms with Crippen LogP contribution in [0.25, 0.3) is 16.6 Å². The van der Waals surface area contributed by atoms with Gasteiger partial charge in [0, 0.05) is 11.8 Å². The number of halogens is 1. The minimum atomic E-state index is -0.558. The highest BCUT2D eigenvalue weighted by atomic mass is 35.5. The third kappa shape index (κ3) is 4.15. The fourth-order valence-corrected chi connectivity index (χ4v) is 4.61. The third-order valence-corrected chi connectivity index (χ3v) is 6.50. The zero-order valence-electron chi connectivity index (χ0n) is 17.4. The van der Waals surface area contributed by atoms with E-state index in [0.717, 1.165) is 0 Å². The first kappa shape index (κ1) is 21.4. The largest absolute Gasteiger partial charge is 0.454 e. The molecule has 0 unspecified atom stereocenters. The second-order valence-electron chi connectivity index (χ2n) is 7.32. The number of nitrogens with zero attached hydrogens (tertiary/aromatic N) is 2. The first-order valence-electron chi connectivity index (χ1n) is 10.1. The molecule has 1 N–H and O–H groups in total. The van der Waals surface area contributed by atoms with Gasteiger partial charge in [0.05, 0.1) is 26.9 Å². The van der Waals surface area contributed by atoms with Crippen LogP contribution in [0.15, 0.2) is 76.7 Å². The standard InChI is InChI=1S/C24H18ClN3O4S/c1-14(22(29)26-15-10-11-20-21(12-15)32-13-31-20)33-24-27-18-8-4-2-6-16(18)23(30)28(24)19-9-5-3-7-17(19)25/h2-12,14H,13H2,1H3,(H,26,29)/t14-/m1/s1. The number of thioether (sulfide) groups is 1. The van der Waals surface area contributed by atoms with Gasteiger partial charge in [0.25, 0.3) is 5.56 Å². The van der Waals surface area contributed by atoms with Gasteiger partial charge in [0.1, 0.15) is 0 Å². The molecule has 166 valence electrons. The number of benzene rings is 3. The monoisotopic (exact) mass is 479 g/mol. The van der Waals surface area contributed by atoms with E-state index in [1.165, 1.54) is 16.3 Å². The Labute approximate surface area is 198 Å². The SMILES string of the molecule is C[C@@H](Sc1nc2ccccc2c(=O)n1-c1ccccc1Cl)C(=O)Nc1ccc2c(c1)OCO2. The third-order valence-electron chi connectivity index (χ3n) is 5.13. The average molecular weight is 480 g/mol. The second-order valence-corrected chi connectivity index (χ2v) is 9.04. The number of rotatable bonds is 5. The summed E-state index contributed by atoms with van der Waals surface area (Å²) < 4.78 is 12.1. The van der Waals surface area contributed by atoms with Crippen LogP contribution < -0.4 is 20.3 Å². The van der Waals surface area contributed by atoms with Crippen LogP contribution >= 0.6 is 23.4 Å². The molecule has 9 heteroatoms. The molecule has 0 saturated carbocycles. The van der Waals surface area contributed by atoms with Gasteiger partial charge in [-0.1, -0.05) is 47.6 Å². The molecule has 0 spiro atoms. The predicted octanol–water partition coefficient (Wildman–Crippen LogP) is 4.89. The molecule has 0 saturated heterocycles. The molecule has 4 aromatic rings. The highest BCUT2D eigenvalue weighted by Gasteiger charge is 2.22. The maximum atomic E-state index is 13.4. The number of carbonyl (C=O) groups is 1. The summed E-state index contributed by atoms with van der Waals surface area (Å²) in [6, 6.07) is 19.4. The number of hydrogen-bond donors (Lipinski definition) is 1. The smallest absolute Gasteiger partial charge is 0.266 e. The van der Waals surface area contributed by atoms with Crippen molar-refractivity contribution in [3.63, 3.8) is 0 Å². The molecule has 1 aliphatic heterocycles. The first-order chi connectivity index (χ1) is 16.0. The molecule has 0 radical (unpaired) electrons. The van der Waals surface area contributed by atoms with Crippen molar-refractivity contribution in [2.24, 2.45) is 0 Å². The van der Waals surface area contributed by atoms with Crippen molar-refractivity contribution < 1.29 is 14.3 Å². The predicted molar refractivity (Wildman–Crippen MR) is 129 cm³/mol. The maximum Gasteiger partial charge on any atom is 0.266 e. The van der Waals surface area contributed by atoms with Crippen LogP contribution in [0.1, 0.15) is 6.92 Å². The van der Waals surface area contributed by atoms with Crippen molar-refractivity contribution >= 4 is 45.9 Å². The lowest BCUT2D eigenvalue weighted by molar-refractivity contribution is -0.115. The molecule has 1 aliphatic rings. The molecular weight excluding hydrogens is 462 g/mol. The van der Waals surface area contributed by atoms with Gasteiger partial charge in [-0.2, -0.15) is 0 Å². The number of anilines is 1. The Bertz CT molecular complexity index is 1440. The highest BCUT2D eigenvalue weighted by molar-refractivity contribution is 8.00. The van der Waals surface area contributed by atoms with E-state index in [0.29, 0.717) is 44.0 Å². The van der Waals surface area contributed by atoms with Gasteiger partial charge in [0.2, 0.25) is 12.7 Å². The quantitative estimate of drug-likeness (QED) is 0.324. The van der Waals surface area contributed by atoms with Crippen molar-refractivity contribution in [1.29, 1.82) is 0 Å². The number of aromatic nitrogens is 2. The Kier molecular flexibility index (Phi) is 5.70. The Morgan fingerprint density at radius 3 is 2.70 bits per heavy atom. The molecule has 5 rings (SSSR count). The number of nitrogens with one attached hydrogen (secondary N) is 1. The van der Waals surface area contributed by atoms with Crippen LogP contribution in [0, 0.1) is 0 Å². The molecule has 1 atom stereocenters. The summed E-state index contributed by atoms with van der Waals surface area (Å²) in [5.41, 5.74) is 1.40. The fraction of sp³-hybridized carbons (Fsp3) is 0.125. The van der Waals surface area contributed by atoms with Gasteiger partial charge in [-0.25, -0.2) is 4.98 Å². The van der Waals surface area contributed by atoms with E-state index in [2.05, 4.69) is 10.3 Å². The molecule has 2 heterocycles. The van der Waals surface area contributed by atoms with E-state index in [-0.39, 0.29) is 18.3 Å². The van der Waals surface area contributed by atoms with E-state index in [4.69, 9.17) is 21.1 Å². The lowest BCUT2D eigenvalue weighted by Gasteiger charge is -2.17. The average Bonchev–Trinajstić information content (AvgIpc) is 3.28. The minimum Gasteiger partial charge on any atom is -0.454 e. The number of fused-ring (bicyclic) bond motifs is 2. The number of amides is 1. The molecule has 0 bridgehead atoms. The van der Waals surface area contributed by atoms with Gasteiger partial charge >= 0.3 is 0 Å². The van der Waals surface area contributed by atoms with E-state index >= 15 is 0 Å². The molecule has 3 aromatic carbocycles. The van der Waals surface area contributed by atoms with Crippen LogP contribution in [0.3, 0.4) is 0 Å². The maximum absolute atomic E-state index is 13.4. The lowest BCUT2D eigenvalue weighted by Crippen LogP contribution is -2.26. The van der Waals surface area contributed by atoms with Crippen LogP contribution in [0.2, 0.25) is 5.02 Å². The van der Waals surface area contributed by atoms with E-state index in [9.17, 15) is 9.59 Å². The summed E-state index contributed by atoms with van der Waals surface area (Å²) in [5, 5.41) is 3.58. The lowest BCUT2D eigenvalue weighted by atomic mass is 10.2. The van der Waals surface area contributed by atoms with Crippen molar-refractivity contribution in [3.8, 4) is 17.2 Å². The van der Waals surface area contributed by atoms with E-state index in [1.807, 2.05) is 6.07 Å². The summed E-state index contributed by atoms with van der Waals surface area (Å²) in [7, 11) is 0. The van der Waals surface area contributed by atoms with Crippen LogP contribution in [0.5, 0.6) is 11.5 Å². The summed E-state index contributed by atoms with van der Waals surface area (Å²) >= 11 is 7.59. The number of ether oxygens (including phenoxy) is 2. The van der Waals surface area contributed by atoms with Crippen LogP contribution in [-0.2, 0) is 4.79 Å². The summed E-state index contributed by atoms with van der Waals surface area (Å²) in [6.45, 7) is 1.91. The van der Waals surface area contributed by atoms with Crippen molar-refractivity contribution in [3.05, 3.63) is 82.1 Å². The second kappa shape index (κ2) is 8.80. The molecule has 33 heavy (non-hydrogen) atoms. The number of hydrogen-bond acceptors (Lipinski definition) is 6. The van der Waals surface area contributed by atoms with Gasteiger partial charge < -0.3 is 14.8 Å². The Hall–Kier alpha value is -3.49. The minimum absolute atomic E-state index is 0.159. The van der Waals surface area contributed by atoms with Crippen molar-refractivity contribution in [2.75, 3.05) is 12.1 Å². The normalized spacial score (nSPS) is 13.2. The first-order valence-corrected chi connectivity index (χ1v) is 11.4. The highest BCUT2D eigenvalue weighted by Crippen LogP contribution is 2.35. The molecule has 1 amide bonds. The van der Waals surface area contributed by atoms with Gasteiger partial charge in [0.15, 0.2) is 16.7 Å². The van der Waals surface area contributed by atoms with E-state index in [1.54, 1.807) is 67.6 Å². The molecule has 0 aliphatic carbocycles. The molecule has 0 fully saturated rings. The Morgan fingerprint density at radius 1 is 1.09 bits per heavy atom. The fourth-order valence-electron chi connectivity index (χ4n) is 3.47. The summed E-state index contributed by atoms with van der Waals surface area (Å²) in [4.78, 5) is 31.0. The van der Waals surface area contributed by atoms with Gasteiger partial charge in [-0.15, -0.1) is 0 Å². The Balaban J connectivity index is 1.49. The number of para-hydroxylation sites is 2. The van der Waals surface area contributed by atoms with Crippen molar-refractivity contribution in [2.45, 2.75) is 17.3 Å². The van der Waals surface area contributed by atoms with Crippen LogP contribution in [-0.4, -0.2) is 27.5 Å². The van der Waals surface area contributed by atoms with Crippen LogP contribution in [0.4, 0.5) is 5.69 Å². The molecule has 1 aromatic heterocycles. The zero-order valence-corrected chi connectivity index (χ0v) is 19.0. The number of carbonyl (C=O) groups excluding carboxylic acids is 1. The summed E-state index contributed by atoms with van der Waals surface area (Å²) in [6.07, 6.45) is 0. The van der Waals surface area contributed by atoms with Gasteiger partial charge in [-0.05, 0) is 43.3 Å². The molecular formula is C24H18ClN3O4S. The zero-order chi connectivity index (χ0) is 22.9. The Morgan fingerprint density at radius 2 is 1.85 bits per heavy atom. The van der Waals surface area contributed by atoms with Crippen molar-refractivity contribution in [1.82, 2.24) is 9.55 Å².